The molecule has 3 aromatic rings. The predicted molar refractivity (Wildman–Crippen MR) is 147 cm³/mol. The third-order valence-corrected chi connectivity index (χ3v) is 7.31. The zero-order valence-corrected chi connectivity index (χ0v) is 21.7. The number of fused-ring (bicyclic) bond motifs is 3. The largest absolute Gasteiger partial charge is 0.497 e. The highest BCUT2D eigenvalue weighted by molar-refractivity contribution is 7.98. The zero-order valence-electron chi connectivity index (χ0n) is 20.8. The van der Waals surface area contributed by atoms with E-state index in [1.165, 1.54) is 0 Å². The molecule has 2 N–H and O–H groups in total. The van der Waals surface area contributed by atoms with Gasteiger partial charge in [0.2, 0.25) is 11.8 Å². The van der Waals surface area contributed by atoms with Crippen molar-refractivity contribution < 1.29 is 14.3 Å². The quantitative estimate of drug-likeness (QED) is 0.502. The van der Waals surface area contributed by atoms with Gasteiger partial charge in [0.05, 0.1) is 13.5 Å². The summed E-state index contributed by atoms with van der Waals surface area (Å²) in [6, 6.07) is 14.7. The summed E-state index contributed by atoms with van der Waals surface area (Å²) in [7, 11) is 3.33. The number of H-pyrrole nitrogens is 1. The predicted octanol–water partition coefficient (Wildman–Crippen LogP) is 5.24. The lowest BCUT2D eigenvalue weighted by molar-refractivity contribution is -0.127. The summed E-state index contributed by atoms with van der Waals surface area (Å²) in [5.74, 6) is 1.04. The summed E-state index contributed by atoms with van der Waals surface area (Å²) in [5, 5.41) is 3.03. The Labute approximate surface area is 216 Å². The Morgan fingerprint density at radius 1 is 1.22 bits per heavy atom. The molecule has 6 nitrogen and oxygen atoms in total. The van der Waals surface area contributed by atoms with E-state index in [2.05, 4.69) is 29.0 Å². The number of likely N-dealkylation sites (N-methyl/N-ethyl adjacent to an activating group) is 1. The first-order valence-corrected chi connectivity index (χ1v) is 12.8. The van der Waals surface area contributed by atoms with Crippen molar-refractivity contribution >= 4 is 41.4 Å². The molecule has 186 valence electrons. The van der Waals surface area contributed by atoms with Crippen LogP contribution in [-0.2, 0) is 28.2 Å². The molecule has 0 unspecified atom stereocenters. The van der Waals surface area contributed by atoms with Crippen LogP contribution in [0.5, 0.6) is 5.75 Å². The van der Waals surface area contributed by atoms with E-state index in [1.54, 1.807) is 36.9 Å². The van der Waals surface area contributed by atoms with E-state index < -0.39 is 6.04 Å². The van der Waals surface area contributed by atoms with Crippen molar-refractivity contribution in [1.82, 2.24) is 10.3 Å². The molecular formula is C29H31N3O3S. The first-order chi connectivity index (χ1) is 17.4. The van der Waals surface area contributed by atoms with E-state index in [-0.39, 0.29) is 18.2 Å². The summed E-state index contributed by atoms with van der Waals surface area (Å²) >= 11 is 1.71. The van der Waals surface area contributed by atoms with Crippen molar-refractivity contribution in [3.05, 3.63) is 89.3 Å². The molecule has 2 amide bonds. The third-order valence-electron chi connectivity index (χ3n) is 6.28. The minimum atomic E-state index is -0.712. The number of amides is 2. The van der Waals surface area contributed by atoms with Crippen LogP contribution >= 0.6 is 11.8 Å². The number of anilines is 1. The number of methoxy groups -OCH3 is 1. The number of aromatic nitrogens is 1. The average Bonchev–Trinajstić information content (AvgIpc) is 3.22. The Balaban J connectivity index is 1.70. The fraction of sp³-hybridized carbons (Fsp3) is 0.241. The smallest absolute Gasteiger partial charge is 0.249 e. The van der Waals surface area contributed by atoms with E-state index in [4.69, 9.17) is 4.74 Å². The van der Waals surface area contributed by atoms with Crippen LogP contribution in [-0.4, -0.2) is 37.0 Å². The highest BCUT2D eigenvalue weighted by Gasteiger charge is 2.27. The van der Waals surface area contributed by atoms with Gasteiger partial charge in [0.1, 0.15) is 11.8 Å². The summed E-state index contributed by atoms with van der Waals surface area (Å²) in [4.78, 5) is 33.1. The summed E-state index contributed by atoms with van der Waals surface area (Å²) < 4.78 is 5.23. The van der Waals surface area contributed by atoms with Crippen LogP contribution in [0.4, 0.5) is 5.69 Å². The van der Waals surface area contributed by atoms with Crippen LogP contribution < -0.4 is 15.0 Å². The number of ether oxygens (including phenoxy) is 1. The Morgan fingerprint density at radius 2 is 2.00 bits per heavy atom. The van der Waals surface area contributed by atoms with Gasteiger partial charge >= 0.3 is 0 Å². The van der Waals surface area contributed by atoms with Crippen LogP contribution in [0.1, 0.15) is 35.0 Å². The van der Waals surface area contributed by atoms with Gasteiger partial charge in [-0.1, -0.05) is 30.9 Å². The molecule has 0 spiro atoms. The highest BCUT2D eigenvalue weighted by atomic mass is 32.2. The molecule has 2 heterocycles. The van der Waals surface area contributed by atoms with Crippen molar-refractivity contribution in [2.75, 3.05) is 19.1 Å². The van der Waals surface area contributed by atoms with Crippen LogP contribution in [0.3, 0.4) is 0 Å². The number of allylic oxidation sites excluding steroid dienone is 1. The molecule has 1 aromatic heterocycles. The SMILES string of the molecule is C=Cc1[nH]c2c(c1/C=C\C)CC(=O)N[C@H](C(=O)N(C)c1ccc(OC)cc1)Cc1cccc(c1)SC2. The maximum Gasteiger partial charge on any atom is 0.249 e. The van der Waals surface area contributed by atoms with E-state index >= 15 is 0 Å². The molecule has 1 atom stereocenters. The summed E-state index contributed by atoms with van der Waals surface area (Å²) in [6.45, 7) is 5.88. The molecule has 0 saturated heterocycles. The second-order valence-electron chi connectivity index (χ2n) is 8.65. The molecule has 1 aliphatic rings. The minimum Gasteiger partial charge on any atom is -0.497 e. The Bertz CT molecular complexity index is 1290. The van der Waals surface area contributed by atoms with Gasteiger partial charge in [0.15, 0.2) is 0 Å². The molecule has 1 aliphatic heterocycles. The minimum absolute atomic E-state index is 0.171. The second-order valence-corrected chi connectivity index (χ2v) is 9.69. The van der Waals surface area contributed by atoms with Crippen LogP contribution in [0.25, 0.3) is 12.2 Å². The monoisotopic (exact) mass is 501 g/mol. The van der Waals surface area contributed by atoms with Gasteiger partial charge in [-0.2, -0.15) is 0 Å². The van der Waals surface area contributed by atoms with Gasteiger partial charge < -0.3 is 19.9 Å². The van der Waals surface area contributed by atoms with Crippen molar-refractivity contribution in [2.24, 2.45) is 0 Å². The van der Waals surface area contributed by atoms with E-state index in [0.717, 1.165) is 38.7 Å². The number of carbonyl (C=O) groups excluding carboxylic acids is 2. The van der Waals surface area contributed by atoms with Crippen molar-refractivity contribution in [3.63, 3.8) is 0 Å². The molecule has 0 aliphatic carbocycles. The normalized spacial score (nSPS) is 15.9. The molecule has 4 rings (SSSR count). The zero-order chi connectivity index (χ0) is 25.7. The molecule has 2 bridgehead atoms. The molecule has 2 aromatic carbocycles. The lowest BCUT2D eigenvalue weighted by atomic mass is 10.0. The summed E-state index contributed by atoms with van der Waals surface area (Å²) in [6.07, 6.45) is 6.30. The lowest BCUT2D eigenvalue weighted by Gasteiger charge is -2.25. The molecule has 0 fully saturated rings. The van der Waals surface area contributed by atoms with Crippen LogP contribution in [0.2, 0.25) is 0 Å². The van der Waals surface area contributed by atoms with Gasteiger partial charge in [-0.3, -0.25) is 9.59 Å². The van der Waals surface area contributed by atoms with Gasteiger partial charge in [0.25, 0.3) is 0 Å². The first-order valence-electron chi connectivity index (χ1n) is 11.8. The maximum absolute atomic E-state index is 13.6. The summed E-state index contributed by atoms with van der Waals surface area (Å²) in [5.41, 5.74) is 5.49. The standard InChI is InChI=1S/C29H31N3O3S/c1-5-8-23-24-17-28(33)31-26(29(34)32(3)20-11-13-21(35-4)14-12-20)16-19-9-7-10-22(15-19)36-18-27(24)30-25(23)6-2/h5-15,26,30H,2,16-18H2,1,3-4H3,(H,31,33)/b8-5-/t26-/m0/s1. The molecule has 7 heteroatoms. The molecular weight excluding hydrogens is 470 g/mol. The first kappa shape index (κ1) is 25.4. The fourth-order valence-corrected chi connectivity index (χ4v) is 5.37. The Morgan fingerprint density at radius 3 is 2.69 bits per heavy atom. The van der Waals surface area contributed by atoms with E-state index in [9.17, 15) is 9.59 Å². The number of rotatable bonds is 5. The fourth-order valence-electron chi connectivity index (χ4n) is 4.40. The molecule has 0 radical (unpaired) electrons. The van der Waals surface area contributed by atoms with Crippen LogP contribution in [0.15, 0.2) is 66.1 Å². The number of hydrogen-bond donors (Lipinski definition) is 2. The molecule has 36 heavy (non-hydrogen) atoms. The van der Waals surface area contributed by atoms with Gasteiger partial charge in [-0.25, -0.2) is 0 Å². The number of hydrogen-bond acceptors (Lipinski definition) is 4. The maximum atomic E-state index is 13.6. The van der Waals surface area contributed by atoms with Crippen molar-refractivity contribution in [1.29, 1.82) is 0 Å². The number of benzene rings is 2. The van der Waals surface area contributed by atoms with Gasteiger partial charge in [-0.05, 0) is 60.5 Å². The Hall–Kier alpha value is -3.71. The number of thioether (sulfide) groups is 1. The number of carbonyl (C=O) groups is 2. The van der Waals surface area contributed by atoms with Crippen molar-refractivity contribution in [2.45, 2.75) is 36.5 Å². The Kier molecular flexibility index (Phi) is 8.00. The third kappa shape index (κ3) is 5.57. The second kappa shape index (κ2) is 11.4. The number of nitrogens with one attached hydrogen (secondary N) is 2. The van der Waals surface area contributed by atoms with Crippen LogP contribution in [0, 0.1) is 0 Å². The molecule has 0 saturated carbocycles. The van der Waals surface area contributed by atoms with Gasteiger partial charge in [0, 0.05) is 46.8 Å². The van der Waals surface area contributed by atoms with E-state index in [0.29, 0.717) is 17.9 Å². The number of aromatic amines is 1. The highest BCUT2D eigenvalue weighted by Crippen LogP contribution is 2.30. The number of nitrogens with zero attached hydrogens (tertiary/aromatic N) is 1. The van der Waals surface area contributed by atoms with Gasteiger partial charge in [-0.15, -0.1) is 11.8 Å². The van der Waals surface area contributed by atoms with E-state index in [1.807, 2.05) is 55.5 Å². The topological polar surface area (TPSA) is 74.4 Å². The van der Waals surface area contributed by atoms with Crippen molar-refractivity contribution in [3.8, 4) is 5.75 Å². The lowest BCUT2D eigenvalue weighted by Crippen LogP contribution is -2.49. The average molecular weight is 502 g/mol.